The summed E-state index contributed by atoms with van der Waals surface area (Å²) in [6, 6.07) is 7.60. The molecule has 2 aromatic rings. The molecule has 94 valence electrons. The molecule has 0 spiro atoms. The van der Waals surface area contributed by atoms with Gasteiger partial charge in [-0.2, -0.15) is 0 Å². The van der Waals surface area contributed by atoms with Crippen LogP contribution in [0.1, 0.15) is 31.7 Å². The summed E-state index contributed by atoms with van der Waals surface area (Å²) in [5.74, 6) is 0. The van der Waals surface area contributed by atoms with E-state index in [1.165, 1.54) is 6.20 Å². The van der Waals surface area contributed by atoms with E-state index in [0.29, 0.717) is 0 Å². The Balaban J connectivity index is 2.48. The van der Waals surface area contributed by atoms with E-state index in [1.54, 1.807) is 0 Å². The van der Waals surface area contributed by atoms with Gasteiger partial charge in [0.1, 0.15) is 6.20 Å². The third-order valence-electron chi connectivity index (χ3n) is 3.09. The molecule has 0 saturated heterocycles. The second-order valence-electron chi connectivity index (χ2n) is 4.35. The number of pyridine rings is 1. The molecule has 0 aliphatic carbocycles. The number of aryl methyl sites for hydroxylation is 1. The van der Waals surface area contributed by atoms with Gasteiger partial charge in [0.2, 0.25) is 0 Å². The van der Waals surface area contributed by atoms with Crippen molar-refractivity contribution in [1.29, 1.82) is 0 Å². The standard InChI is InChI=1S/C14H16N2O2/c1-2-3-4-8-12-11-7-5-6-9-13(11)15-10-14(12)16(17)18/h5-7,9-10H,2-4,8H2,1H3. The number of para-hydroxylation sites is 1. The minimum absolute atomic E-state index is 0.143. The molecule has 0 atom stereocenters. The molecule has 1 aromatic carbocycles. The summed E-state index contributed by atoms with van der Waals surface area (Å²) in [5.41, 5.74) is 1.79. The molecule has 0 aliphatic heterocycles. The number of benzene rings is 1. The predicted molar refractivity (Wildman–Crippen MR) is 71.6 cm³/mol. The zero-order chi connectivity index (χ0) is 13.0. The first-order chi connectivity index (χ1) is 8.74. The Labute approximate surface area is 106 Å². The van der Waals surface area contributed by atoms with Crippen molar-refractivity contribution >= 4 is 16.6 Å². The van der Waals surface area contributed by atoms with Gasteiger partial charge in [-0.15, -0.1) is 0 Å². The predicted octanol–water partition coefficient (Wildman–Crippen LogP) is 3.88. The van der Waals surface area contributed by atoms with Crippen LogP contribution in [0.2, 0.25) is 0 Å². The first-order valence-electron chi connectivity index (χ1n) is 6.25. The molecule has 0 saturated carbocycles. The Morgan fingerprint density at radius 3 is 2.78 bits per heavy atom. The van der Waals surface area contributed by atoms with Crippen LogP contribution in [-0.2, 0) is 6.42 Å². The molecule has 1 aromatic heterocycles. The van der Waals surface area contributed by atoms with Crippen molar-refractivity contribution in [2.24, 2.45) is 0 Å². The molecule has 0 fully saturated rings. The van der Waals surface area contributed by atoms with E-state index < -0.39 is 0 Å². The quantitative estimate of drug-likeness (QED) is 0.455. The number of rotatable bonds is 5. The summed E-state index contributed by atoms with van der Waals surface area (Å²) in [7, 11) is 0. The second-order valence-corrected chi connectivity index (χ2v) is 4.35. The van der Waals surface area contributed by atoms with E-state index in [0.717, 1.165) is 42.1 Å². The van der Waals surface area contributed by atoms with Gasteiger partial charge in [-0.25, -0.2) is 4.98 Å². The van der Waals surface area contributed by atoms with E-state index in [4.69, 9.17) is 0 Å². The Kier molecular flexibility index (Phi) is 3.87. The lowest BCUT2D eigenvalue weighted by Crippen LogP contribution is -1.98. The van der Waals surface area contributed by atoms with Gasteiger partial charge in [-0.05, 0) is 18.9 Å². The largest absolute Gasteiger partial charge is 0.291 e. The van der Waals surface area contributed by atoms with Crippen LogP contribution in [0.4, 0.5) is 5.69 Å². The number of aromatic nitrogens is 1. The summed E-state index contributed by atoms with van der Waals surface area (Å²) in [6.07, 6.45) is 5.30. The number of hydrogen-bond donors (Lipinski definition) is 0. The van der Waals surface area contributed by atoms with Crippen LogP contribution in [-0.4, -0.2) is 9.91 Å². The zero-order valence-corrected chi connectivity index (χ0v) is 10.4. The van der Waals surface area contributed by atoms with E-state index in [2.05, 4.69) is 11.9 Å². The molecule has 0 unspecified atom stereocenters. The van der Waals surface area contributed by atoms with Crippen molar-refractivity contribution < 1.29 is 4.92 Å². The highest BCUT2D eigenvalue weighted by Gasteiger charge is 2.16. The highest BCUT2D eigenvalue weighted by Crippen LogP contribution is 2.27. The molecule has 0 amide bonds. The molecular formula is C14H16N2O2. The third kappa shape index (κ3) is 2.47. The number of nitro groups is 1. The molecular weight excluding hydrogens is 228 g/mol. The highest BCUT2D eigenvalue weighted by molar-refractivity contribution is 5.84. The van der Waals surface area contributed by atoms with Crippen LogP contribution in [0.25, 0.3) is 10.9 Å². The fourth-order valence-corrected chi connectivity index (χ4v) is 2.16. The van der Waals surface area contributed by atoms with Crippen molar-refractivity contribution in [3.05, 3.63) is 46.1 Å². The van der Waals surface area contributed by atoms with Crippen LogP contribution in [0.15, 0.2) is 30.5 Å². The molecule has 2 rings (SSSR count). The fraction of sp³-hybridized carbons (Fsp3) is 0.357. The molecule has 18 heavy (non-hydrogen) atoms. The summed E-state index contributed by atoms with van der Waals surface area (Å²) in [4.78, 5) is 14.9. The van der Waals surface area contributed by atoms with Gasteiger partial charge < -0.3 is 0 Å². The van der Waals surface area contributed by atoms with Crippen molar-refractivity contribution in [2.45, 2.75) is 32.6 Å². The van der Waals surface area contributed by atoms with Crippen molar-refractivity contribution in [1.82, 2.24) is 4.98 Å². The molecule has 0 radical (unpaired) electrons. The van der Waals surface area contributed by atoms with Gasteiger partial charge in [0.05, 0.1) is 10.4 Å². The van der Waals surface area contributed by atoms with E-state index in [-0.39, 0.29) is 10.6 Å². The van der Waals surface area contributed by atoms with Crippen LogP contribution in [0.5, 0.6) is 0 Å². The number of unbranched alkanes of at least 4 members (excludes halogenated alkanes) is 2. The average Bonchev–Trinajstić information content (AvgIpc) is 2.38. The van der Waals surface area contributed by atoms with Gasteiger partial charge in [0.25, 0.3) is 5.69 Å². The van der Waals surface area contributed by atoms with Crippen LogP contribution < -0.4 is 0 Å². The van der Waals surface area contributed by atoms with E-state index in [1.807, 2.05) is 24.3 Å². The first kappa shape index (κ1) is 12.5. The summed E-state index contributed by atoms with van der Waals surface area (Å²) < 4.78 is 0. The zero-order valence-electron chi connectivity index (χ0n) is 10.4. The lowest BCUT2D eigenvalue weighted by atomic mass is 10.0. The smallest absolute Gasteiger partial charge is 0.258 e. The molecule has 4 heteroatoms. The summed E-state index contributed by atoms with van der Waals surface area (Å²) in [5, 5.41) is 12.0. The lowest BCUT2D eigenvalue weighted by Gasteiger charge is -2.06. The first-order valence-corrected chi connectivity index (χ1v) is 6.25. The molecule has 0 bridgehead atoms. The minimum atomic E-state index is -0.333. The maximum absolute atomic E-state index is 11.1. The number of nitrogens with zero attached hydrogens (tertiary/aromatic N) is 2. The summed E-state index contributed by atoms with van der Waals surface area (Å²) >= 11 is 0. The normalized spacial score (nSPS) is 10.7. The minimum Gasteiger partial charge on any atom is -0.258 e. The number of fused-ring (bicyclic) bond motifs is 1. The topological polar surface area (TPSA) is 56.0 Å². The van der Waals surface area contributed by atoms with Gasteiger partial charge in [-0.3, -0.25) is 10.1 Å². The van der Waals surface area contributed by atoms with Crippen LogP contribution >= 0.6 is 0 Å². The van der Waals surface area contributed by atoms with Gasteiger partial charge in [0.15, 0.2) is 0 Å². The molecule has 1 heterocycles. The summed E-state index contributed by atoms with van der Waals surface area (Å²) in [6.45, 7) is 2.12. The van der Waals surface area contributed by atoms with Gasteiger partial charge >= 0.3 is 0 Å². The van der Waals surface area contributed by atoms with E-state index >= 15 is 0 Å². The Morgan fingerprint density at radius 2 is 2.06 bits per heavy atom. The maximum Gasteiger partial charge on any atom is 0.291 e. The molecule has 4 nitrogen and oxygen atoms in total. The van der Waals surface area contributed by atoms with Crippen molar-refractivity contribution in [3.8, 4) is 0 Å². The lowest BCUT2D eigenvalue weighted by molar-refractivity contribution is -0.385. The third-order valence-corrected chi connectivity index (χ3v) is 3.09. The van der Waals surface area contributed by atoms with Crippen molar-refractivity contribution in [2.75, 3.05) is 0 Å². The maximum atomic E-state index is 11.1. The van der Waals surface area contributed by atoms with Crippen LogP contribution in [0.3, 0.4) is 0 Å². The number of hydrogen-bond acceptors (Lipinski definition) is 3. The Bertz CT molecular complexity index is 567. The SMILES string of the molecule is CCCCCc1c([N+](=O)[O-])cnc2ccccc12. The Morgan fingerprint density at radius 1 is 1.28 bits per heavy atom. The highest BCUT2D eigenvalue weighted by atomic mass is 16.6. The molecule has 0 N–H and O–H groups in total. The van der Waals surface area contributed by atoms with E-state index in [9.17, 15) is 10.1 Å². The average molecular weight is 244 g/mol. The molecule has 0 aliphatic rings. The fourth-order valence-electron chi connectivity index (χ4n) is 2.16. The van der Waals surface area contributed by atoms with Gasteiger partial charge in [-0.1, -0.05) is 38.0 Å². The van der Waals surface area contributed by atoms with Crippen molar-refractivity contribution in [3.63, 3.8) is 0 Å². The van der Waals surface area contributed by atoms with Crippen LogP contribution in [0, 0.1) is 10.1 Å². The van der Waals surface area contributed by atoms with Gasteiger partial charge in [0, 0.05) is 10.9 Å². The monoisotopic (exact) mass is 244 g/mol. The Hall–Kier alpha value is -1.97. The second kappa shape index (κ2) is 5.58.